The van der Waals surface area contributed by atoms with Crippen molar-refractivity contribution < 1.29 is 19.4 Å². The Hall–Kier alpha value is -2.08. The Bertz CT molecular complexity index is 509. The van der Waals surface area contributed by atoms with Crippen molar-refractivity contribution in [3.8, 4) is 0 Å². The number of carbonyl (C=O) groups is 2. The van der Waals surface area contributed by atoms with Crippen LogP contribution in [0.2, 0.25) is 0 Å². The first-order valence-corrected chi connectivity index (χ1v) is 7.58. The lowest BCUT2D eigenvalue weighted by Gasteiger charge is -2.28. The molecule has 2 N–H and O–H groups in total. The Morgan fingerprint density at radius 3 is 2.45 bits per heavy atom. The van der Waals surface area contributed by atoms with Crippen molar-refractivity contribution in [2.75, 3.05) is 31.2 Å². The van der Waals surface area contributed by atoms with Crippen molar-refractivity contribution >= 4 is 17.6 Å². The van der Waals surface area contributed by atoms with E-state index in [1.165, 1.54) is 0 Å². The number of hydrogen-bond acceptors (Lipinski definition) is 4. The number of benzene rings is 1. The predicted octanol–water partition coefficient (Wildman–Crippen LogP) is 1.51. The van der Waals surface area contributed by atoms with Crippen LogP contribution in [0.1, 0.15) is 30.1 Å². The van der Waals surface area contributed by atoms with E-state index < -0.39 is 12.0 Å². The molecule has 0 spiro atoms. The molecule has 1 amide bonds. The van der Waals surface area contributed by atoms with Gasteiger partial charge in [-0.15, -0.1) is 0 Å². The van der Waals surface area contributed by atoms with Crippen molar-refractivity contribution in [1.29, 1.82) is 0 Å². The third-order valence-corrected chi connectivity index (χ3v) is 3.69. The number of hydrogen-bond donors (Lipinski definition) is 2. The summed E-state index contributed by atoms with van der Waals surface area (Å²) >= 11 is 0. The van der Waals surface area contributed by atoms with Gasteiger partial charge in [0.15, 0.2) is 0 Å². The second kappa shape index (κ2) is 7.79. The summed E-state index contributed by atoms with van der Waals surface area (Å²) in [5.41, 5.74) is 1.52. The lowest BCUT2D eigenvalue weighted by atomic mass is 10.1. The summed E-state index contributed by atoms with van der Waals surface area (Å²) in [6, 6.07) is 6.39. The van der Waals surface area contributed by atoms with Crippen molar-refractivity contribution in [3.63, 3.8) is 0 Å². The van der Waals surface area contributed by atoms with Crippen LogP contribution in [0.4, 0.5) is 5.69 Å². The maximum atomic E-state index is 12.1. The number of nitrogens with one attached hydrogen (secondary N) is 1. The number of rotatable bonds is 6. The standard InChI is InChI=1S/C16H22N2O4/c1-2-3-14(16(20)21)17-15(19)12-4-6-13(7-5-12)18-8-10-22-11-9-18/h4-7,14H,2-3,8-11H2,1H3,(H,17,19)(H,20,21). The molecule has 120 valence electrons. The molecule has 6 nitrogen and oxygen atoms in total. The molecule has 0 aliphatic carbocycles. The topological polar surface area (TPSA) is 78.9 Å². The van der Waals surface area contributed by atoms with E-state index in [1.54, 1.807) is 12.1 Å². The van der Waals surface area contributed by atoms with Crippen molar-refractivity contribution in [1.82, 2.24) is 5.32 Å². The molecule has 1 fully saturated rings. The molecule has 1 heterocycles. The van der Waals surface area contributed by atoms with Crippen LogP contribution < -0.4 is 10.2 Å². The number of nitrogens with zero attached hydrogens (tertiary/aromatic N) is 1. The van der Waals surface area contributed by atoms with E-state index in [9.17, 15) is 9.59 Å². The molecule has 0 radical (unpaired) electrons. The molecule has 22 heavy (non-hydrogen) atoms. The summed E-state index contributed by atoms with van der Waals surface area (Å²) in [6.07, 6.45) is 1.13. The summed E-state index contributed by atoms with van der Waals surface area (Å²) < 4.78 is 5.31. The van der Waals surface area contributed by atoms with E-state index >= 15 is 0 Å². The molecule has 1 aliphatic heterocycles. The van der Waals surface area contributed by atoms with Gasteiger partial charge in [-0.3, -0.25) is 4.79 Å². The first-order chi connectivity index (χ1) is 10.6. The molecule has 1 aromatic rings. The number of aliphatic carboxylic acids is 1. The van der Waals surface area contributed by atoms with E-state index in [1.807, 2.05) is 19.1 Å². The first kappa shape index (κ1) is 16.3. The zero-order valence-electron chi connectivity index (χ0n) is 12.7. The van der Waals surface area contributed by atoms with Gasteiger partial charge in [0.25, 0.3) is 5.91 Å². The number of carboxylic acids is 1. The molecule has 1 aromatic carbocycles. The molecule has 1 unspecified atom stereocenters. The third kappa shape index (κ3) is 4.21. The maximum absolute atomic E-state index is 12.1. The van der Waals surface area contributed by atoms with Gasteiger partial charge in [0.2, 0.25) is 0 Å². The number of ether oxygens (including phenoxy) is 1. The lowest BCUT2D eigenvalue weighted by molar-refractivity contribution is -0.139. The average Bonchev–Trinajstić information content (AvgIpc) is 2.55. The molecule has 1 atom stereocenters. The molecule has 1 saturated heterocycles. The van der Waals surface area contributed by atoms with Gasteiger partial charge < -0.3 is 20.1 Å². The fourth-order valence-corrected chi connectivity index (χ4v) is 2.43. The van der Waals surface area contributed by atoms with Gasteiger partial charge in [0, 0.05) is 24.3 Å². The number of anilines is 1. The summed E-state index contributed by atoms with van der Waals surface area (Å²) in [6.45, 7) is 4.98. The summed E-state index contributed by atoms with van der Waals surface area (Å²) in [4.78, 5) is 25.4. The van der Waals surface area contributed by atoms with Gasteiger partial charge in [0.1, 0.15) is 6.04 Å². The van der Waals surface area contributed by atoms with Crippen molar-refractivity contribution in [3.05, 3.63) is 29.8 Å². The Morgan fingerprint density at radius 1 is 1.27 bits per heavy atom. The second-order valence-electron chi connectivity index (χ2n) is 5.30. The Balaban J connectivity index is 1.99. The molecule has 6 heteroatoms. The van der Waals surface area contributed by atoms with Gasteiger partial charge in [-0.1, -0.05) is 13.3 Å². The molecule has 0 saturated carbocycles. The van der Waals surface area contributed by atoms with Crippen molar-refractivity contribution in [2.24, 2.45) is 0 Å². The van der Waals surface area contributed by atoms with Crippen LogP contribution in [-0.4, -0.2) is 49.3 Å². The largest absolute Gasteiger partial charge is 0.480 e. The average molecular weight is 306 g/mol. The number of carbonyl (C=O) groups excluding carboxylic acids is 1. The molecule has 2 rings (SSSR count). The second-order valence-corrected chi connectivity index (χ2v) is 5.30. The summed E-state index contributed by atoms with van der Waals surface area (Å²) in [5.74, 6) is -1.35. The van der Waals surface area contributed by atoms with E-state index in [-0.39, 0.29) is 5.91 Å². The highest BCUT2D eigenvalue weighted by molar-refractivity contribution is 5.96. The van der Waals surface area contributed by atoms with Gasteiger partial charge in [0.05, 0.1) is 13.2 Å². The molecular formula is C16H22N2O4. The van der Waals surface area contributed by atoms with Crippen LogP contribution in [0, 0.1) is 0 Å². The minimum atomic E-state index is -1.000. The van der Waals surface area contributed by atoms with Gasteiger partial charge in [-0.2, -0.15) is 0 Å². The Morgan fingerprint density at radius 2 is 1.91 bits per heavy atom. The van der Waals surface area contributed by atoms with E-state index in [2.05, 4.69) is 10.2 Å². The van der Waals surface area contributed by atoms with Crippen LogP contribution in [0.3, 0.4) is 0 Å². The SMILES string of the molecule is CCCC(NC(=O)c1ccc(N2CCOCC2)cc1)C(=O)O. The first-order valence-electron chi connectivity index (χ1n) is 7.58. The highest BCUT2D eigenvalue weighted by Gasteiger charge is 2.19. The zero-order chi connectivity index (χ0) is 15.9. The van der Waals surface area contributed by atoms with E-state index in [0.29, 0.717) is 31.6 Å². The predicted molar refractivity (Wildman–Crippen MR) is 83.3 cm³/mol. The fourth-order valence-electron chi connectivity index (χ4n) is 2.43. The molecule has 0 bridgehead atoms. The van der Waals surface area contributed by atoms with Crippen LogP contribution >= 0.6 is 0 Å². The smallest absolute Gasteiger partial charge is 0.326 e. The van der Waals surface area contributed by atoms with Crippen LogP contribution in [0.25, 0.3) is 0 Å². The van der Waals surface area contributed by atoms with E-state index in [0.717, 1.165) is 18.8 Å². The Kier molecular flexibility index (Phi) is 5.77. The zero-order valence-corrected chi connectivity index (χ0v) is 12.7. The van der Waals surface area contributed by atoms with Crippen LogP contribution in [0.15, 0.2) is 24.3 Å². The third-order valence-electron chi connectivity index (χ3n) is 3.69. The summed E-state index contributed by atoms with van der Waals surface area (Å²) in [7, 11) is 0. The Labute approximate surface area is 130 Å². The fraction of sp³-hybridized carbons (Fsp3) is 0.500. The lowest BCUT2D eigenvalue weighted by Crippen LogP contribution is -2.40. The number of morpholine rings is 1. The minimum Gasteiger partial charge on any atom is -0.480 e. The van der Waals surface area contributed by atoms with E-state index in [4.69, 9.17) is 9.84 Å². The normalized spacial score (nSPS) is 16.1. The highest BCUT2D eigenvalue weighted by Crippen LogP contribution is 2.16. The van der Waals surface area contributed by atoms with Crippen LogP contribution in [-0.2, 0) is 9.53 Å². The maximum Gasteiger partial charge on any atom is 0.326 e. The monoisotopic (exact) mass is 306 g/mol. The van der Waals surface area contributed by atoms with Gasteiger partial charge >= 0.3 is 5.97 Å². The molecule has 1 aliphatic rings. The summed E-state index contributed by atoms with van der Waals surface area (Å²) in [5, 5.41) is 11.6. The number of carboxylic acid groups (broad SMARTS) is 1. The van der Waals surface area contributed by atoms with Crippen LogP contribution in [0.5, 0.6) is 0 Å². The quantitative estimate of drug-likeness (QED) is 0.833. The molecular weight excluding hydrogens is 284 g/mol. The highest BCUT2D eigenvalue weighted by atomic mass is 16.5. The van der Waals surface area contributed by atoms with Gasteiger partial charge in [-0.25, -0.2) is 4.79 Å². The minimum absolute atomic E-state index is 0.352. The number of amides is 1. The van der Waals surface area contributed by atoms with Crippen molar-refractivity contribution in [2.45, 2.75) is 25.8 Å². The molecule has 0 aromatic heterocycles. The van der Waals surface area contributed by atoms with Gasteiger partial charge in [-0.05, 0) is 30.7 Å².